The Hall–Kier alpha value is -2.15. The van der Waals surface area contributed by atoms with Crippen LogP contribution in [0.3, 0.4) is 0 Å². The number of carbonyl (C=O) groups excluding carboxylic acids is 1. The number of nitrogens with two attached hydrogens (primary N) is 1. The quantitative estimate of drug-likeness (QED) is 0.835. The Kier molecular flexibility index (Phi) is 2.45. The Labute approximate surface area is 93.3 Å². The minimum Gasteiger partial charge on any atom is -0.478 e. The van der Waals surface area contributed by atoms with E-state index in [1.807, 2.05) is 0 Å². The van der Waals surface area contributed by atoms with Gasteiger partial charge >= 0.3 is 5.97 Å². The molecule has 0 saturated carbocycles. The van der Waals surface area contributed by atoms with Crippen LogP contribution in [-0.4, -0.2) is 22.1 Å². The summed E-state index contributed by atoms with van der Waals surface area (Å²) in [6.07, 6.45) is 2.60. The van der Waals surface area contributed by atoms with Crippen molar-refractivity contribution in [3.63, 3.8) is 0 Å². The minimum atomic E-state index is -1.13. The average molecular weight is 238 g/mol. The van der Waals surface area contributed by atoms with Gasteiger partial charge in [0.1, 0.15) is 11.1 Å². The fourth-order valence-electron chi connectivity index (χ4n) is 1.31. The van der Waals surface area contributed by atoms with Gasteiger partial charge in [-0.3, -0.25) is 4.79 Å². The molecule has 16 heavy (non-hydrogen) atoms. The second kappa shape index (κ2) is 3.78. The molecule has 2 heterocycles. The number of carbonyl (C=O) groups is 2. The van der Waals surface area contributed by atoms with Crippen LogP contribution in [0, 0.1) is 0 Å². The van der Waals surface area contributed by atoms with Gasteiger partial charge in [-0.05, 0) is 0 Å². The van der Waals surface area contributed by atoms with Crippen LogP contribution in [0.15, 0.2) is 22.4 Å². The van der Waals surface area contributed by atoms with Gasteiger partial charge in [0, 0.05) is 16.5 Å². The molecule has 0 fully saturated rings. The highest BCUT2D eigenvalue weighted by molar-refractivity contribution is 7.13. The van der Waals surface area contributed by atoms with E-state index in [1.165, 1.54) is 17.8 Å². The molecular formula is C9H6N2O4S. The summed E-state index contributed by atoms with van der Waals surface area (Å²) >= 11 is 0.986. The molecule has 0 aromatic carbocycles. The van der Waals surface area contributed by atoms with Gasteiger partial charge in [-0.15, -0.1) is 11.3 Å². The number of carboxylic acids is 1. The predicted molar refractivity (Wildman–Crippen MR) is 55.3 cm³/mol. The Bertz CT molecular complexity index is 512. The van der Waals surface area contributed by atoms with E-state index in [4.69, 9.17) is 10.8 Å². The summed E-state index contributed by atoms with van der Waals surface area (Å²) in [5.41, 5.74) is 5.86. The van der Waals surface area contributed by atoms with E-state index >= 15 is 0 Å². The molecule has 2 aromatic rings. The van der Waals surface area contributed by atoms with Gasteiger partial charge in [0.15, 0.2) is 0 Å². The van der Waals surface area contributed by atoms with Gasteiger partial charge in [-0.2, -0.15) is 0 Å². The predicted octanol–water partition coefficient (Wildman–Crippen LogP) is 1.20. The molecule has 0 aliphatic carbocycles. The maximum atomic E-state index is 11.1. The molecule has 0 bridgehead atoms. The maximum absolute atomic E-state index is 11.1. The summed E-state index contributed by atoms with van der Waals surface area (Å²) in [5, 5.41) is 13.8. The summed E-state index contributed by atoms with van der Waals surface area (Å²) in [5.74, 6) is -1.80. The van der Waals surface area contributed by atoms with Crippen molar-refractivity contribution < 1.29 is 19.2 Å². The van der Waals surface area contributed by atoms with Crippen LogP contribution < -0.4 is 5.73 Å². The lowest BCUT2D eigenvalue weighted by molar-refractivity contribution is 0.0698. The molecule has 2 aromatic heterocycles. The number of amides is 1. The summed E-state index contributed by atoms with van der Waals surface area (Å²) < 4.78 is 4.62. The summed E-state index contributed by atoms with van der Waals surface area (Å²) in [6.45, 7) is 0. The van der Waals surface area contributed by atoms with Crippen molar-refractivity contribution in [2.45, 2.75) is 0 Å². The Morgan fingerprint density at radius 1 is 1.50 bits per heavy atom. The first-order chi connectivity index (χ1) is 7.61. The first-order valence-corrected chi connectivity index (χ1v) is 5.03. The number of aromatic nitrogens is 1. The van der Waals surface area contributed by atoms with Crippen LogP contribution in [0.25, 0.3) is 11.1 Å². The van der Waals surface area contributed by atoms with Crippen molar-refractivity contribution in [3.05, 3.63) is 28.3 Å². The van der Waals surface area contributed by atoms with Gasteiger partial charge in [0.05, 0.1) is 11.8 Å². The molecule has 1 amide bonds. The van der Waals surface area contributed by atoms with Crippen LogP contribution in [0.4, 0.5) is 0 Å². The number of rotatable bonds is 3. The zero-order chi connectivity index (χ0) is 11.7. The van der Waals surface area contributed by atoms with Crippen molar-refractivity contribution in [1.82, 2.24) is 5.16 Å². The van der Waals surface area contributed by atoms with Crippen molar-refractivity contribution >= 4 is 23.2 Å². The third kappa shape index (κ3) is 1.57. The van der Waals surface area contributed by atoms with Gasteiger partial charge in [0.2, 0.25) is 0 Å². The number of hydrogen-bond acceptors (Lipinski definition) is 5. The Balaban J connectivity index is 2.68. The second-order valence-electron chi connectivity index (χ2n) is 2.94. The molecule has 0 spiro atoms. The van der Waals surface area contributed by atoms with E-state index < -0.39 is 11.9 Å². The van der Waals surface area contributed by atoms with E-state index in [1.54, 1.807) is 0 Å². The highest BCUT2D eigenvalue weighted by Gasteiger charge is 2.22. The second-order valence-corrected chi connectivity index (χ2v) is 3.82. The molecule has 0 saturated heterocycles. The molecule has 3 N–H and O–H groups in total. The standard InChI is InChI=1S/C9H6N2O4S/c10-8(12)7-6(4-1-11-15-2-4)5(3-16-7)9(13)14/h1-3H,(H2,10,12)(H,13,14). The van der Waals surface area contributed by atoms with Crippen molar-refractivity contribution in [2.24, 2.45) is 5.73 Å². The zero-order valence-corrected chi connectivity index (χ0v) is 8.65. The molecule has 6 nitrogen and oxygen atoms in total. The molecule has 82 valence electrons. The fourth-order valence-corrected chi connectivity index (χ4v) is 2.23. The van der Waals surface area contributed by atoms with E-state index in [-0.39, 0.29) is 16.0 Å². The van der Waals surface area contributed by atoms with Crippen LogP contribution in [0.1, 0.15) is 20.0 Å². The molecule has 2 rings (SSSR count). The Morgan fingerprint density at radius 2 is 2.25 bits per heavy atom. The molecule has 0 aliphatic rings. The van der Waals surface area contributed by atoms with Crippen LogP contribution in [0.2, 0.25) is 0 Å². The number of aromatic carboxylic acids is 1. The largest absolute Gasteiger partial charge is 0.478 e. The summed E-state index contributed by atoms with van der Waals surface area (Å²) in [7, 11) is 0. The third-order valence-corrected chi connectivity index (χ3v) is 2.96. The Morgan fingerprint density at radius 3 is 2.75 bits per heavy atom. The van der Waals surface area contributed by atoms with Gasteiger partial charge < -0.3 is 15.4 Å². The van der Waals surface area contributed by atoms with Crippen molar-refractivity contribution in [2.75, 3.05) is 0 Å². The number of thiophene rings is 1. The first kappa shape index (κ1) is 10.4. The van der Waals surface area contributed by atoms with Crippen LogP contribution in [0.5, 0.6) is 0 Å². The zero-order valence-electron chi connectivity index (χ0n) is 7.84. The van der Waals surface area contributed by atoms with Gasteiger partial charge in [0.25, 0.3) is 5.91 Å². The molecular weight excluding hydrogens is 232 g/mol. The van der Waals surface area contributed by atoms with E-state index in [2.05, 4.69) is 9.68 Å². The smallest absolute Gasteiger partial charge is 0.337 e. The normalized spacial score (nSPS) is 10.2. The SMILES string of the molecule is NC(=O)c1scc(C(=O)O)c1-c1cnoc1. The number of nitrogens with zero attached hydrogens (tertiary/aromatic N) is 1. The van der Waals surface area contributed by atoms with E-state index in [0.29, 0.717) is 5.56 Å². The molecule has 7 heteroatoms. The highest BCUT2D eigenvalue weighted by Crippen LogP contribution is 2.32. The number of primary amides is 1. The number of carboxylic acid groups (broad SMARTS) is 1. The molecule has 0 atom stereocenters. The molecule has 0 radical (unpaired) electrons. The molecule has 0 aliphatic heterocycles. The fraction of sp³-hybridized carbons (Fsp3) is 0. The summed E-state index contributed by atoms with van der Waals surface area (Å²) in [6, 6.07) is 0. The lowest BCUT2D eigenvalue weighted by Crippen LogP contribution is -2.10. The average Bonchev–Trinajstić information content (AvgIpc) is 2.85. The highest BCUT2D eigenvalue weighted by atomic mass is 32.1. The summed E-state index contributed by atoms with van der Waals surface area (Å²) in [4.78, 5) is 22.3. The lowest BCUT2D eigenvalue weighted by Gasteiger charge is -1.98. The number of hydrogen-bond donors (Lipinski definition) is 2. The van der Waals surface area contributed by atoms with E-state index in [9.17, 15) is 9.59 Å². The van der Waals surface area contributed by atoms with E-state index in [0.717, 1.165) is 11.3 Å². The monoisotopic (exact) mass is 238 g/mol. The molecule has 0 unspecified atom stereocenters. The first-order valence-electron chi connectivity index (χ1n) is 4.15. The minimum absolute atomic E-state index is 0.0157. The lowest BCUT2D eigenvalue weighted by atomic mass is 10.1. The maximum Gasteiger partial charge on any atom is 0.337 e. The van der Waals surface area contributed by atoms with Crippen molar-refractivity contribution in [3.8, 4) is 11.1 Å². The van der Waals surface area contributed by atoms with Crippen LogP contribution in [-0.2, 0) is 0 Å². The van der Waals surface area contributed by atoms with Gasteiger partial charge in [-0.1, -0.05) is 5.16 Å². The third-order valence-electron chi connectivity index (χ3n) is 1.97. The topological polar surface area (TPSA) is 106 Å². The van der Waals surface area contributed by atoms with Crippen molar-refractivity contribution in [1.29, 1.82) is 0 Å². The van der Waals surface area contributed by atoms with Gasteiger partial charge in [-0.25, -0.2) is 4.79 Å². The van der Waals surface area contributed by atoms with Crippen LogP contribution >= 0.6 is 11.3 Å².